The van der Waals surface area contributed by atoms with Crippen LogP contribution in [0.15, 0.2) is 9.98 Å². The molecule has 20 N–H and O–H groups in total. The second-order valence-corrected chi connectivity index (χ2v) is 13.8. The van der Waals surface area contributed by atoms with Gasteiger partial charge in [0.25, 0.3) is 0 Å². The normalized spacial score (nSPS) is 14.6. The van der Waals surface area contributed by atoms with E-state index in [0.717, 1.165) is 6.92 Å². The molecule has 0 unspecified atom stereocenters. The van der Waals surface area contributed by atoms with Crippen LogP contribution in [0, 0.1) is 0 Å². The summed E-state index contributed by atoms with van der Waals surface area (Å²) in [6.45, 7) is 5.09. The van der Waals surface area contributed by atoms with Crippen LogP contribution in [-0.4, -0.2) is 148 Å². The standard InChI is InChI=1S/C34H60N14O13/c1-15(42-28(56)19(35)7-5-13-40-33(36)37)25(53)47-21(9-11-23(49)50)30(58)44-16(2)26(54)46-20(8-6-14-41-34(38)39)29(57)43-17(3)27(55)48-22(10-12-24(51)52)31(59)45-18(4)32(60)61/h15-22H,5-14,35H2,1-4H3,(H,42,56)(H,43,57)(H,44,58)(H,45,59)(H,46,54)(H,47,53)(H,48,55)(H,49,50)(H,51,52)(H,60,61)(H4,36,37,40)(H4,38,39,41)/t15-,16-,17-,18-,19-,20-,21-,22-/m0/s1. The van der Waals surface area contributed by atoms with Gasteiger partial charge in [0, 0.05) is 25.9 Å². The molecule has 0 aromatic heterocycles. The molecule has 0 rings (SSSR count). The predicted molar refractivity (Wildman–Crippen MR) is 215 cm³/mol. The van der Waals surface area contributed by atoms with Crippen molar-refractivity contribution in [1.82, 2.24) is 37.2 Å². The largest absolute Gasteiger partial charge is 0.481 e. The Labute approximate surface area is 350 Å². The Kier molecular flexibility index (Phi) is 24.7. The summed E-state index contributed by atoms with van der Waals surface area (Å²) in [6, 6.07) is -10.9. The third kappa shape index (κ3) is 23.4. The SMILES string of the molecule is C[C@H](NC(=O)[C@H](CCC(=O)O)NC(=O)[C@H](C)NC(=O)[C@H](CCCN=C(N)N)NC(=O)[C@H](C)NC(=O)[C@H](CCC(=O)O)NC(=O)[C@H](C)NC(=O)[C@@H](N)CCCN=C(N)N)C(=O)O. The first-order valence-electron chi connectivity index (χ1n) is 19.0. The highest BCUT2D eigenvalue weighted by molar-refractivity contribution is 5.97. The third-order valence-electron chi connectivity index (χ3n) is 8.43. The first kappa shape index (κ1) is 54.2. The lowest BCUT2D eigenvalue weighted by Crippen LogP contribution is -2.59. The smallest absolute Gasteiger partial charge is 0.325 e. The highest BCUT2D eigenvalue weighted by atomic mass is 16.4. The van der Waals surface area contributed by atoms with E-state index in [2.05, 4.69) is 47.2 Å². The number of nitrogens with two attached hydrogens (primary N) is 5. The lowest BCUT2D eigenvalue weighted by molar-refractivity contribution is -0.142. The summed E-state index contributed by atoms with van der Waals surface area (Å²) in [6.07, 6.45) is -1.52. The molecule has 344 valence electrons. The van der Waals surface area contributed by atoms with Crippen molar-refractivity contribution in [3.8, 4) is 0 Å². The van der Waals surface area contributed by atoms with E-state index in [1.54, 1.807) is 0 Å². The Bertz CT molecular complexity index is 1640. The monoisotopic (exact) mass is 872 g/mol. The third-order valence-corrected chi connectivity index (χ3v) is 8.43. The van der Waals surface area contributed by atoms with Gasteiger partial charge in [0.1, 0.15) is 42.3 Å². The van der Waals surface area contributed by atoms with Crippen LogP contribution in [0.3, 0.4) is 0 Å². The van der Waals surface area contributed by atoms with Gasteiger partial charge in [0.15, 0.2) is 11.9 Å². The van der Waals surface area contributed by atoms with Crippen LogP contribution in [-0.2, 0) is 47.9 Å². The van der Waals surface area contributed by atoms with Crippen molar-refractivity contribution in [2.45, 2.75) is 127 Å². The van der Waals surface area contributed by atoms with Gasteiger partial charge in [-0.15, -0.1) is 0 Å². The van der Waals surface area contributed by atoms with E-state index in [4.69, 9.17) is 38.9 Å². The van der Waals surface area contributed by atoms with E-state index in [9.17, 15) is 53.1 Å². The van der Waals surface area contributed by atoms with Gasteiger partial charge in [-0.2, -0.15) is 0 Å². The number of carbonyl (C=O) groups is 10. The number of aliphatic imine (C=N–C) groups is 2. The van der Waals surface area contributed by atoms with Gasteiger partial charge >= 0.3 is 17.9 Å². The Morgan fingerprint density at radius 1 is 0.443 bits per heavy atom. The van der Waals surface area contributed by atoms with Gasteiger partial charge in [-0.1, -0.05) is 0 Å². The number of aliphatic carboxylic acids is 3. The van der Waals surface area contributed by atoms with Crippen molar-refractivity contribution in [2.24, 2.45) is 38.7 Å². The van der Waals surface area contributed by atoms with Crippen molar-refractivity contribution < 1.29 is 63.3 Å². The second kappa shape index (κ2) is 27.8. The van der Waals surface area contributed by atoms with Crippen LogP contribution in [0.25, 0.3) is 0 Å². The molecular weight excluding hydrogens is 812 g/mol. The summed E-state index contributed by atoms with van der Waals surface area (Å²) in [5, 5.41) is 43.7. The Hall–Kier alpha value is -6.80. The zero-order valence-electron chi connectivity index (χ0n) is 34.4. The van der Waals surface area contributed by atoms with Crippen LogP contribution >= 0.6 is 0 Å². The number of guanidine groups is 2. The van der Waals surface area contributed by atoms with Gasteiger partial charge < -0.3 is 81.2 Å². The van der Waals surface area contributed by atoms with Gasteiger partial charge in [-0.05, 0) is 66.2 Å². The molecule has 27 heteroatoms. The molecule has 0 aromatic carbocycles. The first-order chi connectivity index (χ1) is 28.3. The minimum atomic E-state index is -1.52. The summed E-state index contributed by atoms with van der Waals surface area (Å²) in [5.41, 5.74) is 27.1. The van der Waals surface area contributed by atoms with Gasteiger partial charge in [-0.3, -0.25) is 57.9 Å². The van der Waals surface area contributed by atoms with E-state index < -0.39 is 133 Å². The lowest BCUT2D eigenvalue weighted by atomic mass is 10.1. The van der Waals surface area contributed by atoms with E-state index in [-0.39, 0.29) is 44.3 Å². The molecule has 0 fully saturated rings. The second-order valence-electron chi connectivity index (χ2n) is 13.8. The Morgan fingerprint density at radius 3 is 1.08 bits per heavy atom. The molecule has 0 aliphatic heterocycles. The molecular formula is C34H60N14O13. The Morgan fingerprint density at radius 2 is 0.754 bits per heavy atom. The van der Waals surface area contributed by atoms with E-state index in [0.29, 0.717) is 6.42 Å². The highest BCUT2D eigenvalue weighted by Crippen LogP contribution is 2.05. The molecule has 0 aliphatic carbocycles. The molecule has 0 saturated heterocycles. The van der Waals surface area contributed by atoms with Crippen LogP contribution in [0.1, 0.15) is 79.1 Å². The average molecular weight is 873 g/mol. The van der Waals surface area contributed by atoms with E-state index >= 15 is 0 Å². The van der Waals surface area contributed by atoms with E-state index in [1.807, 2.05) is 0 Å². The molecule has 0 radical (unpaired) electrons. The fourth-order valence-electron chi connectivity index (χ4n) is 4.91. The number of nitrogens with one attached hydrogen (secondary N) is 7. The predicted octanol–water partition coefficient (Wildman–Crippen LogP) is -6.29. The quantitative estimate of drug-likeness (QED) is 0.0189. The van der Waals surface area contributed by atoms with E-state index in [1.165, 1.54) is 20.8 Å². The summed E-state index contributed by atoms with van der Waals surface area (Å²) in [7, 11) is 0. The zero-order chi connectivity index (χ0) is 47.0. The van der Waals surface area contributed by atoms with Crippen molar-refractivity contribution in [2.75, 3.05) is 13.1 Å². The molecule has 61 heavy (non-hydrogen) atoms. The molecule has 8 atom stereocenters. The lowest BCUT2D eigenvalue weighted by Gasteiger charge is -2.25. The van der Waals surface area contributed by atoms with Crippen molar-refractivity contribution in [3.63, 3.8) is 0 Å². The molecule has 0 bridgehead atoms. The summed E-state index contributed by atoms with van der Waals surface area (Å²) >= 11 is 0. The van der Waals surface area contributed by atoms with Crippen LogP contribution in [0.2, 0.25) is 0 Å². The molecule has 7 amide bonds. The fourth-order valence-corrected chi connectivity index (χ4v) is 4.91. The molecule has 0 aliphatic rings. The highest BCUT2D eigenvalue weighted by Gasteiger charge is 2.32. The first-order valence-corrected chi connectivity index (χ1v) is 19.0. The summed E-state index contributed by atoms with van der Waals surface area (Å²) in [5.74, 6) is -10.8. The molecule has 0 spiro atoms. The number of hydrogen-bond donors (Lipinski definition) is 15. The Balaban J connectivity index is 5.89. The number of nitrogens with zero attached hydrogens (tertiary/aromatic N) is 2. The maximum Gasteiger partial charge on any atom is 0.325 e. The maximum atomic E-state index is 13.4. The number of carboxylic acid groups (broad SMARTS) is 3. The van der Waals surface area contributed by atoms with Crippen molar-refractivity contribution >= 4 is 71.2 Å². The molecule has 0 heterocycles. The molecule has 27 nitrogen and oxygen atoms in total. The average Bonchev–Trinajstić information content (AvgIpc) is 3.16. The zero-order valence-corrected chi connectivity index (χ0v) is 34.4. The number of hydrogen-bond acceptors (Lipinski definition) is 13. The number of amides is 7. The van der Waals surface area contributed by atoms with Crippen LogP contribution in [0.4, 0.5) is 0 Å². The van der Waals surface area contributed by atoms with Crippen molar-refractivity contribution in [1.29, 1.82) is 0 Å². The summed E-state index contributed by atoms with van der Waals surface area (Å²) in [4.78, 5) is 133. The number of carboxylic acids is 3. The number of carbonyl (C=O) groups excluding carboxylic acids is 7. The maximum absolute atomic E-state index is 13.4. The number of rotatable bonds is 29. The topological polar surface area (TPSA) is 470 Å². The minimum absolute atomic E-state index is 0.00857. The fraction of sp³-hybridized carbons (Fsp3) is 0.647. The molecule has 0 saturated carbocycles. The summed E-state index contributed by atoms with van der Waals surface area (Å²) < 4.78 is 0. The minimum Gasteiger partial charge on any atom is -0.481 e. The van der Waals surface area contributed by atoms with Gasteiger partial charge in [0.2, 0.25) is 41.4 Å². The van der Waals surface area contributed by atoms with Crippen molar-refractivity contribution in [3.05, 3.63) is 0 Å². The van der Waals surface area contributed by atoms with Gasteiger partial charge in [-0.25, -0.2) is 0 Å². The van der Waals surface area contributed by atoms with Gasteiger partial charge in [0.05, 0.1) is 6.04 Å². The van der Waals surface area contributed by atoms with Crippen LogP contribution in [0.5, 0.6) is 0 Å². The van der Waals surface area contributed by atoms with Crippen LogP contribution < -0.4 is 65.9 Å². The molecule has 0 aromatic rings.